The van der Waals surface area contributed by atoms with Gasteiger partial charge in [0, 0.05) is 23.2 Å². The van der Waals surface area contributed by atoms with E-state index >= 15 is 0 Å². The molecule has 0 unspecified atom stereocenters. The summed E-state index contributed by atoms with van der Waals surface area (Å²) in [6.45, 7) is 0.195. The lowest BCUT2D eigenvalue weighted by atomic mass is 10.2. The lowest BCUT2D eigenvalue weighted by molar-refractivity contribution is -0.141. The van der Waals surface area contributed by atoms with Gasteiger partial charge in [-0.15, -0.1) is 10.2 Å². The van der Waals surface area contributed by atoms with Gasteiger partial charge in [0.1, 0.15) is 5.75 Å². The van der Waals surface area contributed by atoms with E-state index in [9.17, 15) is 13.2 Å². The summed E-state index contributed by atoms with van der Waals surface area (Å²) in [5.74, 6) is 0.254. The number of nitrogens with zero attached hydrogens (tertiary/aromatic N) is 2. The van der Waals surface area contributed by atoms with E-state index in [0.717, 1.165) is 12.1 Å². The van der Waals surface area contributed by atoms with Gasteiger partial charge in [0.25, 0.3) is 0 Å². The molecule has 0 fully saturated rings. The minimum atomic E-state index is -4.54. The van der Waals surface area contributed by atoms with Crippen LogP contribution in [0.4, 0.5) is 13.2 Å². The smallest absolute Gasteiger partial charge is 0.435 e. The topological polar surface area (TPSA) is 61.0 Å². The zero-order valence-corrected chi connectivity index (χ0v) is 10.7. The van der Waals surface area contributed by atoms with Crippen LogP contribution in [-0.4, -0.2) is 10.2 Å². The lowest BCUT2D eigenvalue weighted by Crippen LogP contribution is -2.09. The number of hydrogen-bond donors (Lipinski definition) is 1. The summed E-state index contributed by atoms with van der Waals surface area (Å²) in [5.41, 5.74) is 5.09. The number of rotatable bonds is 3. The molecular formula is C12H9ClF3N3O. The molecule has 8 heteroatoms. The minimum Gasteiger partial charge on any atom is -0.437 e. The molecule has 4 nitrogen and oxygen atoms in total. The Labute approximate surface area is 117 Å². The standard InChI is InChI=1S/C12H9ClF3N3O/c13-8-2-1-7(6-17)9(5-8)20-11-4-3-10(18-19-11)12(14,15)16/h1-5H,6,17H2. The van der Waals surface area contributed by atoms with Crippen LogP contribution < -0.4 is 10.5 Å². The third kappa shape index (κ3) is 3.37. The molecule has 0 amide bonds. The molecule has 0 saturated heterocycles. The van der Waals surface area contributed by atoms with E-state index in [2.05, 4.69) is 10.2 Å². The average molecular weight is 304 g/mol. The SMILES string of the molecule is NCc1ccc(Cl)cc1Oc1ccc(C(F)(F)F)nn1. The van der Waals surface area contributed by atoms with E-state index in [1.54, 1.807) is 12.1 Å². The number of aromatic nitrogens is 2. The molecule has 0 bridgehead atoms. The Bertz CT molecular complexity index is 602. The van der Waals surface area contributed by atoms with Gasteiger partial charge in [-0.3, -0.25) is 0 Å². The molecule has 2 N–H and O–H groups in total. The maximum absolute atomic E-state index is 12.3. The Hall–Kier alpha value is -1.86. The molecule has 0 atom stereocenters. The van der Waals surface area contributed by atoms with Gasteiger partial charge in [-0.05, 0) is 18.2 Å². The third-order valence-electron chi connectivity index (χ3n) is 2.39. The Morgan fingerprint density at radius 1 is 1.15 bits per heavy atom. The molecule has 0 saturated carbocycles. The zero-order valence-electron chi connectivity index (χ0n) is 9.99. The van der Waals surface area contributed by atoms with Crippen LogP contribution in [-0.2, 0) is 12.7 Å². The van der Waals surface area contributed by atoms with Crippen LogP contribution in [0.2, 0.25) is 5.02 Å². The molecule has 0 radical (unpaired) electrons. The molecule has 1 aromatic carbocycles. The highest BCUT2D eigenvalue weighted by molar-refractivity contribution is 6.30. The molecule has 0 aliphatic carbocycles. The second kappa shape index (κ2) is 5.64. The lowest BCUT2D eigenvalue weighted by Gasteiger charge is -2.10. The fourth-order valence-corrected chi connectivity index (χ4v) is 1.59. The van der Waals surface area contributed by atoms with Gasteiger partial charge in [0.15, 0.2) is 5.69 Å². The van der Waals surface area contributed by atoms with Crippen molar-refractivity contribution in [3.8, 4) is 11.6 Å². The number of alkyl halides is 3. The van der Waals surface area contributed by atoms with Crippen molar-refractivity contribution in [3.63, 3.8) is 0 Å². The zero-order chi connectivity index (χ0) is 14.8. The summed E-state index contributed by atoms with van der Waals surface area (Å²) >= 11 is 5.82. The van der Waals surface area contributed by atoms with Crippen molar-refractivity contribution >= 4 is 11.6 Å². The van der Waals surface area contributed by atoms with E-state index < -0.39 is 11.9 Å². The number of halogens is 4. The summed E-state index contributed by atoms with van der Waals surface area (Å²) in [4.78, 5) is 0. The van der Waals surface area contributed by atoms with Crippen LogP contribution in [0.5, 0.6) is 11.6 Å². The highest BCUT2D eigenvalue weighted by Gasteiger charge is 2.33. The maximum Gasteiger partial charge on any atom is 0.435 e. The first kappa shape index (κ1) is 14.5. The van der Waals surface area contributed by atoms with Gasteiger partial charge in [-0.1, -0.05) is 17.7 Å². The summed E-state index contributed by atoms with van der Waals surface area (Å²) in [6.07, 6.45) is -4.54. The Kier molecular flexibility index (Phi) is 4.10. The van der Waals surface area contributed by atoms with E-state index in [4.69, 9.17) is 22.1 Å². The molecule has 106 valence electrons. The second-order valence-corrected chi connectivity index (χ2v) is 4.25. The van der Waals surface area contributed by atoms with Crippen molar-refractivity contribution in [3.05, 3.63) is 46.6 Å². The molecule has 0 spiro atoms. The number of nitrogens with two attached hydrogens (primary N) is 1. The van der Waals surface area contributed by atoms with Crippen LogP contribution in [0.3, 0.4) is 0 Å². The summed E-state index contributed by atoms with van der Waals surface area (Å²) < 4.78 is 42.4. The first-order valence-electron chi connectivity index (χ1n) is 5.47. The quantitative estimate of drug-likeness (QED) is 0.944. The van der Waals surface area contributed by atoms with Crippen molar-refractivity contribution < 1.29 is 17.9 Å². The molecule has 2 aromatic rings. The maximum atomic E-state index is 12.3. The summed E-state index contributed by atoms with van der Waals surface area (Å²) in [6, 6.07) is 6.67. The minimum absolute atomic E-state index is 0.0741. The van der Waals surface area contributed by atoms with E-state index in [1.165, 1.54) is 6.07 Å². The van der Waals surface area contributed by atoms with Gasteiger partial charge in [-0.2, -0.15) is 13.2 Å². The molecular weight excluding hydrogens is 295 g/mol. The Morgan fingerprint density at radius 3 is 2.45 bits per heavy atom. The van der Waals surface area contributed by atoms with E-state index in [-0.39, 0.29) is 12.4 Å². The number of ether oxygens (including phenoxy) is 1. The van der Waals surface area contributed by atoms with Gasteiger partial charge in [0.2, 0.25) is 5.88 Å². The Morgan fingerprint density at radius 2 is 1.90 bits per heavy atom. The van der Waals surface area contributed by atoms with Crippen LogP contribution in [0.15, 0.2) is 30.3 Å². The van der Waals surface area contributed by atoms with Gasteiger partial charge < -0.3 is 10.5 Å². The molecule has 1 heterocycles. The molecule has 20 heavy (non-hydrogen) atoms. The highest BCUT2D eigenvalue weighted by atomic mass is 35.5. The first-order valence-corrected chi connectivity index (χ1v) is 5.85. The van der Waals surface area contributed by atoms with Crippen LogP contribution in [0.1, 0.15) is 11.3 Å². The predicted octanol–water partition coefficient (Wildman–Crippen LogP) is 3.40. The van der Waals surface area contributed by atoms with Crippen LogP contribution in [0, 0.1) is 0 Å². The molecule has 1 aromatic heterocycles. The summed E-state index contributed by atoms with van der Waals surface area (Å²) in [5, 5.41) is 6.84. The number of benzene rings is 1. The van der Waals surface area contributed by atoms with Crippen LogP contribution >= 0.6 is 11.6 Å². The molecule has 0 aliphatic rings. The number of hydrogen-bond acceptors (Lipinski definition) is 4. The first-order chi connectivity index (χ1) is 9.40. The van der Waals surface area contributed by atoms with Crippen molar-refractivity contribution in [2.24, 2.45) is 5.73 Å². The van der Waals surface area contributed by atoms with E-state index in [1.807, 2.05) is 0 Å². The molecule has 2 rings (SSSR count). The molecule has 0 aliphatic heterocycles. The second-order valence-electron chi connectivity index (χ2n) is 3.81. The van der Waals surface area contributed by atoms with Gasteiger partial charge >= 0.3 is 6.18 Å². The van der Waals surface area contributed by atoms with Crippen molar-refractivity contribution in [1.82, 2.24) is 10.2 Å². The fraction of sp³-hybridized carbons (Fsp3) is 0.167. The van der Waals surface area contributed by atoms with Crippen molar-refractivity contribution in [1.29, 1.82) is 0 Å². The van der Waals surface area contributed by atoms with Crippen molar-refractivity contribution in [2.45, 2.75) is 12.7 Å². The van der Waals surface area contributed by atoms with Crippen LogP contribution in [0.25, 0.3) is 0 Å². The monoisotopic (exact) mass is 303 g/mol. The predicted molar refractivity (Wildman–Crippen MR) is 66.5 cm³/mol. The highest BCUT2D eigenvalue weighted by Crippen LogP contribution is 2.30. The average Bonchev–Trinajstić information content (AvgIpc) is 2.38. The van der Waals surface area contributed by atoms with Crippen molar-refractivity contribution in [2.75, 3.05) is 0 Å². The van der Waals surface area contributed by atoms with Gasteiger partial charge in [-0.25, -0.2) is 0 Å². The normalized spacial score (nSPS) is 11.4. The fourth-order valence-electron chi connectivity index (χ4n) is 1.43. The van der Waals surface area contributed by atoms with Gasteiger partial charge in [0.05, 0.1) is 0 Å². The van der Waals surface area contributed by atoms with E-state index in [0.29, 0.717) is 16.3 Å². The Balaban J connectivity index is 2.24. The third-order valence-corrected chi connectivity index (χ3v) is 2.63. The largest absolute Gasteiger partial charge is 0.437 e. The summed E-state index contributed by atoms with van der Waals surface area (Å²) in [7, 11) is 0.